The van der Waals surface area contributed by atoms with Gasteiger partial charge in [0.1, 0.15) is 17.0 Å². The van der Waals surface area contributed by atoms with Crippen LogP contribution in [0.3, 0.4) is 0 Å². The largest absolute Gasteiger partial charge is 0.484 e. The number of hydrogen-bond donors (Lipinski definition) is 2. The van der Waals surface area contributed by atoms with Crippen LogP contribution in [0.1, 0.15) is 28.9 Å². The lowest BCUT2D eigenvalue weighted by Gasteiger charge is -2.34. The lowest BCUT2D eigenvalue weighted by Crippen LogP contribution is -2.47. The van der Waals surface area contributed by atoms with E-state index in [4.69, 9.17) is 4.74 Å². The Labute approximate surface area is 161 Å². The molecule has 7 heteroatoms. The van der Waals surface area contributed by atoms with E-state index in [-0.39, 0.29) is 11.8 Å². The van der Waals surface area contributed by atoms with E-state index in [1.807, 2.05) is 42.6 Å². The Morgan fingerprint density at radius 2 is 2.14 bits per heavy atom. The summed E-state index contributed by atoms with van der Waals surface area (Å²) in [7, 11) is 0. The zero-order valence-electron chi connectivity index (χ0n) is 15.3. The number of aromatic amines is 1. The third kappa shape index (κ3) is 2.89. The molecule has 5 rings (SSSR count). The molecule has 7 nitrogen and oxygen atoms in total. The summed E-state index contributed by atoms with van der Waals surface area (Å²) < 4.78 is 6.17. The van der Waals surface area contributed by atoms with E-state index in [1.165, 1.54) is 0 Å². The fraction of sp³-hybridized carbons (Fsp3) is 0.286. The molecule has 0 radical (unpaired) electrons. The van der Waals surface area contributed by atoms with Gasteiger partial charge >= 0.3 is 6.03 Å². The summed E-state index contributed by atoms with van der Waals surface area (Å²) in [4.78, 5) is 34.4. The maximum atomic E-state index is 12.6. The summed E-state index contributed by atoms with van der Waals surface area (Å²) in [5.74, 6) is 0.692. The highest BCUT2D eigenvalue weighted by Crippen LogP contribution is 2.38. The van der Waals surface area contributed by atoms with E-state index in [0.29, 0.717) is 43.8 Å². The van der Waals surface area contributed by atoms with Gasteiger partial charge in [-0.05, 0) is 30.3 Å². The number of carbonyl (C=O) groups excluding carboxylic acids is 2. The molecule has 4 heterocycles. The molecule has 1 aromatic carbocycles. The first kappa shape index (κ1) is 16.8. The van der Waals surface area contributed by atoms with Crippen molar-refractivity contribution < 1.29 is 14.3 Å². The normalized spacial score (nSPS) is 21.0. The average Bonchev–Trinajstić information content (AvgIpc) is 3.33. The van der Waals surface area contributed by atoms with Gasteiger partial charge in [0.05, 0.1) is 30.8 Å². The monoisotopic (exact) mass is 376 g/mol. The highest BCUT2D eigenvalue weighted by molar-refractivity contribution is 6.00. The van der Waals surface area contributed by atoms with Crippen LogP contribution in [0.4, 0.5) is 4.79 Å². The lowest BCUT2D eigenvalue weighted by atomic mass is 9.89. The smallest absolute Gasteiger partial charge is 0.317 e. The third-order valence-electron chi connectivity index (χ3n) is 5.49. The predicted molar refractivity (Wildman–Crippen MR) is 103 cm³/mol. The molecule has 2 aromatic heterocycles. The number of para-hydroxylation sites is 1. The van der Waals surface area contributed by atoms with Gasteiger partial charge < -0.3 is 19.9 Å². The van der Waals surface area contributed by atoms with E-state index in [9.17, 15) is 9.59 Å². The van der Waals surface area contributed by atoms with E-state index < -0.39 is 5.60 Å². The molecule has 1 saturated heterocycles. The maximum Gasteiger partial charge on any atom is 0.317 e. The van der Waals surface area contributed by atoms with Crippen LogP contribution in [0.2, 0.25) is 0 Å². The summed E-state index contributed by atoms with van der Waals surface area (Å²) in [5, 5.41) is 3.96. The first-order valence-corrected chi connectivity index (χ1v) is 9.39. The first-order chi connectivity index (χ1) is 13.6. The van der Waals surface area contributed by atoms with Crippen molar-refractivity contribution in [3.05, 3.63) is 59.9 Å². The topological polar surface area (TPSA) is 87.3 Å². The molecule has 2 N–H and O–H groups in total. The average molecular weight is 376 g/mol. The standard InChI is InChI=1S/C21H20N4O3/c26-17-11-21(28-18-4-2-1-3-16(17)18)8-10-25(13-21)20(27)23-12-15-6-5-14-7-9-22-19(14)24-15/h1-7,9H,8,10-13H2,(H,22,24)(H,23,27). The highest BCUT2D eigenvalue weighted by Gasteiger charge is 2.46. The van der Waals surface area contributed by atoms with Gasteiger partial charge in [0.25, 0.3) is 0 Å². The zero-order chi connectivity index (χ0) is 19.1. The number of carbonyl (C=O) groups is 2. The van der Waals surface area contributed by atoms with Crippen molar-refractivity contribution in [2.45, 2.75) is 25.0 Å². The molecule has 1 fully saturated rings. The van der Waals surface area contributed by atoms with Crippen LogP contribution >= 0.6 is 0 Å². The lowest BCUT2D eigenvalue weighted by molar-refractivity contribution is 0.0478. The SMILES string of the molecule is O=C1CC2(CCN(C(=O)NCc3ccc4cc[nH]c4n3)C2)Oc2ccccc21. The number of hydrogen-bond acceptors (Lipinski definition) is 4. The van der Waals surface area contributed by atoms with Gasteiger partial charge in [0, 0.05) is 24.5 Å². The Morgan fingerprint density at radius 3 is 3.07 bits per heavy atom. The molecule has 3 aromatic rings. The minimum absolute atomic E-state index is 0.0764. The Morgan fingerprint density at radius 1 is 1.25 bits per heavy atom. The van der Waals surface area contributed by atoms with Crippen LogP contribution in [0.5, 0.6) is 5.75 Å². The van der Waals surface area contributed by atoms with Gasteiger partial charge in [-0.15, -0.1) is 0 Å². The Kier molecular flexibility index (Phi) is 3.82. The van der Waals surface area contributed by atoms with Crippen molar-refractivity contribution >= 4 is 22.8 Å². The van der Waals surface area contributed by atoms with Crippen molar-refractivity contribution in [2.75, 3.05) is 13.1 Å². The molecule has 0 aliphatic carbocycles. The number of nitrogens with zero attached hydrogens (tertiary/aromatic N) is 2. The van der Waals surface area contributed by atoms with Gasteiger partial charge in [-0.25, -0.2) is 9.78 Å². The van der Waals surface area contributed by atoms with Crippen molar-refractivity contribution in [2.24, 2.45) is 0 Å². The summed E-state index contributed by atoms with van der Waals surface area (Å²) in [6.45, 7) is 1.31. The summed E-state index contributed by atoms with van der Waals surface area (Å²) in [6.07, 6.45) is 2.79. The van der Waals surface area contributed by atoms with Crippen molar-refractivity contribution in [1.29, 1.82) is 0 Å². The van der Waals surface area contributed by atoms with Crippen molar-refractivity contribution in [3.8, 4) is 5.75 Å². The van der Waals surface area contributed by atoms with Gasteiger partial charge in [0.2, 0.25) is 0 Å². The second-order valence-corrected chi connectivity index (χ2v) is 7.43. The zero-order valence-corrected chi connectivity index (χ0v) is 15.3. The van der Waals surface area contributed by atoms with Crippen LogP contribution in [0.25, 0.3) is 11.0 Å². The van der Waals surface area contributed by atoms with Crippen molar-refractivity contribution in [1.82, 2.24) is 20.2 Å². The van der Waals surface area contributed by atoms with Gasteiger partial charge in [-0.2, -0.15) is 0 Å². The molecule has 2 amide bonds. The van der Waals surface area contributed by atoms with Crippen molar-refractivity contribution in [3.63, 3.8) is 0 Å². The third-order valence-corrected chi connectivity index (χ3v) is 5.49. The second kappa shape index (κ2) is 6.37. The quantitative estimate of drug-likeness (QED) is 0.720. The van der Waals surface area contributed by atoms with E-state index in [1.54, 1.807) is 11.0 Å². The fourth-order valence-corrected chi connectivity index (χ4v) is 4.04. The maximum absolute atomic E-state index is 12.6. The number of benzene rings is 1. The number of aromatic nitrogens is 2. The summed E-state index contributed by atoms with van der Waals surface area (Å²) in [5.41, 5.74) is 1.60. The number of Topliss-reactive ketones (excluding diaryl/α,β-unsaturated/α-hetero) is 1. The number of pyridine rings is 1. The number of nitrogens with one attached hydrogen (secondary N) is 2. The van der Waals surface area contributed by atoms with Gasteiger partial charge in [-0.1, -0.05) is 12.1 Å². The van der Waals surface area contributed by atoms with E-state index in [0.717, 1.165) is 16.7 Å². The number of likely N-dealkylation sites (tertiary alicyclic amines) is 1. The molecule has 1 unspecified atom stereocenters. The first-order valence-electron chi connectivity index (χ1n) is 9.39. The van der Waals surface area contributed by atoms with Crippen LogP contribution in [-0.4, -0.2) is 45.4 Å². The molecule has 28 heavy (non-hydrogen) atoms. The van der Waals surface area contributed by atoms with Gasteiger partial charge in [0.15, 0.2) is 5.78 Å². The summed E-state index contributed by atoms with van der Waals surface area (Å²) in [6, 6.07) is 13.0. The molecule has 2 aliphatic heterocycles. The molecule has 0 bridgehead atoms. The molecular formula is C21H20N4O3. The molecular weight excluding hydrogens is 356 g/mol. The van der Waals surface area contributed by atoms with Crippen LogP contribution < -0.4 is 10.1 Å². The molecule has 1 spiro atoms. The molecule has 1 atom stereocenters. The molecule has 142 valence electrons. The Hall–Kier alpha value is -3.35. The predicted octanol–water partition coefficient (Wildman–Crippen LogP) is 2.88. The number of amides is 2. The van der Waals surface area contributed by atoms with E-state index >= 15 is 0 Å². The number of fused-ring (bicyclic) bond motifs is 2. The fourth-order valence-electron chi connectivity index (χ4n) is 4.04. The number of rotatable bonds is 2. The second-order valence-electron chi connectivity index (χ2n) is 7.43. The molecule has 0 saturated carbocycles. The molecule has 2 aliphatic rings. The highest BCUT2D eigenvalue weighted by atomic mass is 16.5. The van der Waals surface area contributed by atoms with E-state index in [2.05, 4.69) is 15.3 Å². The van der Waals surface area contributed by atoms with Crippen LogP contribution in [0.15, 0.2) is 48.7 Å². The Bertz CT molecular complexity index is 1080. The number of ketones is 1. The summed E-state index contributed by atoms with van der Waals surface area (Å²) >= 11 is 0. The van der Waals surface area contributed by atoms with Crippen LogP contribution in [0, 0.1) is 0 Å². The minimum atomic E-state index is -0.621. The van der Waals surface area contributed by atoms with Gasteiger partial charge in [-0.3, -0.25) is 4.79 Å². The number of urea groups is 1. The minimum Gasteiger partial charge on any atom is -0.484 e. The number of ether oxygens (including phenoxy) is 1. The van der Waals surface area contributed by atoms with Crippen LogP contribution in [-0.2, 0) is 6.54 Å². The Balaban J connectivity index is 1.24. The number of H-pyrrole nitrogens is 1.